The van der Waals surface area contributed by atoms with Crippen LogP contribution in [0.15, 0.2) is 46.0 Å². The zero-order valence-corrected chi connectivity index (χ0v) is 15.5. The Labute approximate surface area is 150 Å². The molecule has 0 unspecified atom stereocenters. The minimum Gasteiger partial charge on any atom is -0.309 e. The Balaban J connectivity index is 1.76. The van der Waals surface area contributed by atoms with Gasteiger partial charge in [-0.2, -0.15) is 0 Å². The lowest BCUT2D eigenvalue weighted by Gasteiger charge is -2.09. The van der Waals surface area contributed by atoms with E-state index in [0.29, 0.717) is 12.2 Å². The third-order valence-corrected chi connectivity index (χ3v) is 4.57. The van der Waals surface area contributed by atoms with E-state index in [-0.39, 0.29) is 5.78 Å². The number of fused-ring (bicyclic) bond motifs is 1. The standard InChI is InChI=1S/C19H20BrN3O/c1-23(2)9-7-15-12-17-16(6-8-21-19(17)22-15)18(24)11-13-4-3-5-14(20)10-13/h3-6,8,10H,7,9,11-12H2,1-2H3. The van der Waals surface area contributed by atoms with Gasteiger partial charge in [-0.05, 0) is 44.3 Å². The molecule has 1 aromatic carbocycles. The molecule has 0 saturated heterocycles. The number of aliphatic imine (C=N–C) groups is 1. The number of carbonyl (C=O) groups excluding carboxylic acids is 1. The summed E-state index contributed by atoms with van der Waals surface area (Å²) in [5, 5.41) is 0. The Kier molecular flexibility index (Phi) is 5.21. The maximum absolute atomic E-state index is 12.8. The second-order valence-corrected chi connectivity index (χ2v) is 7.21. The molecule has 124 valence electrons. The first-order chi connectivity index (χ1) is 11.5. The second-order valence-electron chi connectivity index (χ2n) is 6.30. The third kappa shape index (κ3) is 3.97. The summed E-state index contributed by atoms with van der Waals surface area (Å²) in [5.41, 5.74) is 3.84. The van der Waals surface area contributed by atoms with E-state index in [0.717, 1.165) is 46.3 Å². The number of nitrogens with zero attached hydrogens (tertiary/aromatic N) is 3. The number of pyridine rings is 1. The quantitative estimate of drug-likeness (QED) is 0.709. The fraction of sp³-hybridized carbons (Fsp3) is 0.316. The van der Waals surface area contributed by atoms with E-state index in [2.05, 4.69) is 30.8 Å². The van der Waals surface area contributed by atoms with Gasteiger partial charge in [-0.1, -0.05) is 28.1 Å². The van der Waals surface area contributed by atoms with Crippen LogP contribution in [0.2, 0.25) is 0 Å². The number of halogens is 1. The Morgan fingerprint density at radius 2 is 2.12 bits per heavy atom. The lowest BCUT2D eigenvalue weighted by molar-refractivity contribution is 0.0992. The summed E-state index contributed by atoms with van der Waals surface area (Å²) in [6.45, 7) is 0.953. The summed E-state index contributed by atoms with van der Waals surface area (Å²) in [6, 6.07) is 9.69. The van der Waals surface area contributed by atoms with Crippen LogP contribution in [0.1, 0.15) is 27.9 Å². The molecular weight excluding hydrogens is 366 g/mol. The Hall–Kier alpha value is -1.85. The van der Waals surface area contributed by atoms with E-state index in [1.807, 2.05) is 44.4 Å². The zero-order valence-electron chi connectivity index (χ0n) is 13.9. The smallest absolute Gasteiger partial charge is 0.167 e. The molecule has 0 fully saturated rings. The number of rotatable bonds is 6. The van der Waals surface area contributed by atoms with E-state index in [1.165, 1.54) is 0 Å². The highest BCUT2D eigenvalue weighted by Gasteiger charge is 2.22. The maximum atomic E-state index is 12.8. The number of hydrogen-bond acceptors (Lipinski definition) is 4. The van der Waals surface area contributed by atoms with Gasteiger partial charge in [0.15, 0.2) is 11.6 Å². The second kappa shape index (κ2) is 7.36. The fourth-order valence-corrected chi connectivity index (χ4v) is 3.28. The van der Waals surface area contributed by atoms with Crippen LogP contribution in [0.5, 0.6) is 0 Å². The number of Topliss-reactive ketones (excluding diaryl/α,β-unsaturated/α-hetero) is 1. The van der Waals surface area contributed by atoms with Crippen molar-refractivity contribution in [3.63, 3.8) is 0 Å². The van der Waals surface area contributed by atoms with Gasteiger partial charge in [0, 0.05) is 46.9 Å². The van der Waals surface area contributed by atoms with Gasteiger partial charge in [-0.3, -0.25) is 4.79 Å². The van der Waals surface area contributed by atoms with Crippen molar-refractivity contribution in [2.75, 3.05) is 20.6 Å². The van der Waals surface area contributed by atoms with E-state index < -0.39 is 0 Å². The molecule has 5 heteroatoms. The zero-order chi connectivity index (χ0) is 17.1. The molecule has 3 rings (SSSR count). The average Bonchev–Trinajstić information content (AvgIpc) is 2.95. The monoisotopic (exact) mass is 385 g/mol. The van der Waals surface area contributed by atoms with Gasteiger partial charge in [0.2, 0.25) is 0 Å². The van der Waals surface area contributed by atoms with Gasteiger partial charge < -0.3 is 4.90 Å². The molecule has 0 atom stereocenters. The van der Waals surface area contributed by atoms with Crippen molar-refractivity contribution in [2.45, 2.75) is 19.3 Å². The Morgan fingerprint density at radius 3 is 2.88 bits per heavy atom. The SMILES string of the molecule is CN(C)CCC1=Nc2nccc(C(=O)Cc3cccc(Br)c3)c2C1. The molecule has 0 radical (unpaired) electrons. The van der Waals surface area contributed by atoms with Crippen LogP contribution in [-0.4, -0.2) is 42.0 Å². The van der Waals surface area contributed by atoms with Gasteiger partial charge in [0.1, 0.15) is 0 Å². The summed E-state index contributed by atoms with van der Waals surface area (Å²) in [7, 11) is 4.10. The highest BCUT2D eigenvalue weighted by Crippen LogP contribution is 2.29. The fourth-order valence-electron chi connectivity index (χ4n) is 2.83. The molecule has 4 nitrogen and oxygen atoms in total. The van der Waals surface area contributed by atoms with Crippen molar-refractivity contribution in [1.82, 2.24) is 9.88 Å². The molecule has 2 heterocycles. The number of hydrogen-bond donors (Lipinski definition) is 0. The van der Waals surface area contributed by atoms with Gasteiger partial charge in [-0.15, -0.1) is 0 Å². The van der Waals surface area contributed by atoms with Crippen LogP contribution >= 0.6 is 15.9 Å². The molecule has 0 N–H and O–H groups in total. The van der Waals surface area contributed by atoms with Gasteiger partial charge in [0.05, 0.1) is 0 Å². The topological polar surface area (TPSA) is 45.6 Å². The molecule has 0 bridgehead atoms. The van der Waals surface area contributed by atoms with Gasteiger partial charge in [-0.25, -0.2) is 9.98 Å². The number of carbonyl (C=O) groups is 1. The molecule has 0 spiro atoms. The Morgan fingerprint density at radius 1 is 1.29 bits per heavy atom. The van der Waals surface area contributed by atoms with Crippen molar-refractivity contribution in [3.8, 4) is 0 Å². The van der Waals surface area contributed by atoms with Gasteiger partial charge in [0.25, 0.3) is 0 Å². The molecule has 0 saturated carbocycles. The Bertz CT molecular complexity index is 799. The van der Waals surface area contributed by atoms with E-state index >= 15 is 0 Å². The van der Waals surface area contributed by atoms with Crippen LogP contribution in [-0.2, 0) is 12.8 Å². The average molecular weight is 386 g/mol. The summed E-state index contributed by atoms with van der Waals surface area (Å²) in [4.78, 5) is 23.8. The van der Waals surface area contributed by atoms with Gasteiger partial charge >= 0.3 is 0 Å². The molecule has 1 aliphatic heterocycles. The van der Waals surface area contributed by atoms with Crippen molar-refractivity contribution in [3.05, 3.63) is 57.7 Å². The largest absolute Gasteiger partial charge is 0.309 e. The number of benzene rings is 1. The third-order valence-electron chi connectivity index (χ3n) is 4.08. The minimum absolute atomic E-state index is 0.121. The molecular formula is C19H20BrN3O. The highest BCUT2D eigenvalue weighted by atomic mass is 79.9. The van der Waals surface area contributed by atoms with Crippen molar-refractivity contribution in [2.24, 2.45) is 4.99 Å². The first kappa shape index (κ1) is 17.0. The summed E-state index contributed by atoms with van der Waals surface area (Å²) < 4.78 is 0.988. The first-order valence-electron chi connectivity index (χ1n) is 7.99. The first-order valence-corrected chi connectivity index (χ1v) is 8.79. The van der Waals surface area contributed by atoms with Crippen molar-refractivity contribution in [1.29, 1.82) is 0 Å². The predicted octanol–water partition coefficient (Wildman–Crippen LogP) is 3.85. The van der Waals surface area contributed by atoms with Crippen molar-refractivity contribution < 1.29 is 4.79 Å². The highest BCUT2D eigenvalue weighted by molar-refractivity contribution is 9.10. The van der Waals surface area contributed by atoms with E-state index in [4.69, 9.17) is 0 Å². The van der Waals surface area contributed by atoms with Crippen LogP contribution in [0, 0.1) is 0 Å². The molecule has 2 aromatic rings. The van der Waals surface area contributed by atoms with Crippen LogP contribution < -0.4 is 0 Å². The number of ketones is 1. The van der Waals surface area contributed by atoms with E-state index in [9.17, 15) is 4.79 Å². The minimum atomic E-state index is 0.121. The summed E-state index contributed by atoms with van der Waals surface area (Å²) in [5.74, 6) is 0.833. The molecule has 0 aliphatic carbocycles. The lowest BCUT2D eigenvalue weighted by Crippen LogP contribution is -2.17. The lowest BCUT2D eigenvalue weighted by atomic mass is 9.97. The summed E-state index contributed by atoms with van der Waals surface area (Å²) >= 11 is 3.45. The van der Waals surface area contributed by atoms with E-state index in [1.54, 1.807) is 6.20 Å². The predicted molar refractivity (Wildman–Crippen MR) is 100 cm³/mol. The van der Waals surface area contributed by atoms with Crippen LogP contribution in [0.3, 0.4) is 0 Å². The van der Waals surface area contributed by atoms with Crippen LogP contribution in [0.4, 0.5) is 5.82 Å². The summed E-state index contributed by atoms with van der Waals surface area (Å²) in [6.07, 6.45) is 3.72. The van der Waals surface area contributed by atoms with Crippen LogP contribution in [0.25, 0.3) is 0 Å². The number of aromatic nitrogens is 1. The molecule has 24 heavy (non-hydrogen) atoms. The molecule has 1 aliphatic rings. The molecule has 1 aromatic heterocycles. The van der Waals surface area contributed by atoms with Crippen molar-refractivity contribution >= 4 is 33.2 Å². The maximum Gasteiger partial charge on any atom is 0.167 e. The molecule has 0 amide bonds. The normalized spacial score (nSPS) is 13.1.